The molecule has 2 aromatic rings. The molecular weight excluding hydrogens is 242 g/mol. The van der Waals surface area contributed by atoms with Crippen LogP contribution in [0.25, 0.3) is 0 Å². The molecule has 2 aromatic heterocycles. The monoisotopic (exact) mass is 261 g/mol. The van der Waals surface area contributed by atoms with E-state index in [9.17, 15) is 0 Å². The zero-order valence-corrected chi connectivity index (χ0v) is 11.5. The number of hydrogen-bond donors (Lipinski definition) is 1. The van der Waals surface area contributed by atoms with Crippen molar-refractivity contribution in [1.29, 1.82) is 0 Å². The highest BCUT2D eigenvalue weighted by molar-refractivity contribution is 5.17. The maximum Gasteiger partial charge on any atom is 0.233 e. The minimum absolute atomic E-state index is 0.195. The third kappa shape index (κ3) is 3.08. The van der Waals surface area contributed by atoms with Gasteiger partial charge in [-0.1, -0.05) is 0 Å². The van der Waals surface area contributed by atoms with Crippen molar-refractivity contribution in [3.05, 3.63) is 35.3 Å². The van der Waals surface area contributed by atoms with Crippen LogP contribution in [0.1, 0.15) is 30.0 Å². The van der Waals surface area contributed by atoms with Gasteiger partial charge in [0.1, 0.15) is 0 Å². The van der Waals surface area contributed by atoms with Gasteiger partial charge in [0.2, 0.25) is 5.88 Å². The average molecular weight is 261 g/mol. The Kier molecular flexibility index (Phi) is 4.11. The number of aromatic nitrogens is 4. The lowest BCUT2D eigenvalue weighted by Crippen LogP contribution is -2.17. The van der Waals surface area contributed by atoms with Gasteiger partial charge in [0.15, 0.2) is 0 Å². The van der Waals surface area contributed by atoms with E-state index in [1.807, 2.05) is 17.7 Å². The van der Waals surface area contributed by atoms with Crippen molar-refractivity contribution in [2.24, 2.45) is 5.73 Å². The second-order valence-electron chi connectivity index (χ2n) is 4.40. The smallest absolute Gasteiger partial charge is 0.233 e. The molecule has 0 spiro atoms. The maximum absolute atomic E-state index is 6.17. The number of methoxy groups -OCH3 is 1. The molecule has 2 rings (SSSR count). The van der Waals surface area contributed by atoms with Gasteiger partial charge in [0, 0.05) is 24.7 Å². The minimum atomic E-state index is -0.195. The van der Waals surface area contributed by atoms with Crippen LogP contribution in [0.2, 0.25) is 0 Å². The van der Waals surface area contributed by atoms with Crippen molar-refractivity contribution in [3.63, 3.8) is 0 Å². The fraction of sp³-hybridized carbons (Fsp3) is 0.462. The number of rotatable bonds is 5. The van der Waals surface area contributed by atoms with Crippen LogP contribution in [0.15, 0.2) is 18.2 Å². The second kappa shape index (κ2) is 5.79. The molecule has 0 bridgehead atoms. The lowest BCUT2D eigenvalue weighted by Gasteiger charge is -2.11. The summed E-state index contributed by atoms with van der Waals surface area (Å²) in [5.41, 5.74) is 9.04. The van der Waals surface area contributed by atoms with E-state index >= 15 is 0 Å². The van der Waals surface area contributed by atoms with Gasteiger partial charge in [-0.15, -0.1) is 5.10 Å². The first kappa shape index (κ1) is 13.5. The predicted molar refractivity (Wildman–Crippen MR) is 71.9 cm³/mol. The van der Waals surface area contributed by atoms with Crippen molar-refractivity contribution in [1.82, 2.24) is 20.0 Å². The van der Waals surface area contributed by atoms with Crippen LogP contribution < -0.4 is 10.5 Å². The highest BCUT2D eigenvalue weighted by Gasteiger charge is 2.13. The van der Waals surface area contributed by atoms with E-state index < -0.39 is 0 Å². The molecule has 102 valence electrons. The Bertz CT molecular complexity index is 534. The summed E-state index contributed by atoms with van der Waals surface area (Å²) in [4.78, 5) is 0. The van der Waals surface area contributed by atoms with E-state index in [-0.39, 0.29) is 6.04 Å². The van der Waals surface area contributed by atoms with Crippen molar-refractivity contribution in [2.45, 2.75) is 32.9 Å². The Hall–Kier alpha value is -1.95. The Morgan fingerprint density at radius 1 is 1.37 bits per heavy atom. The van der Waals surface area contributed by atoms with Crippen molar-refractivity contribution in [3.8, 4) is 5.88 Å². The van der Waals surface area contributed by atoms with E-state index in [0.29, 0.717) is 12.3 Å². The molecule has 6 heteroatoms. The van der Waals surface area contributed by atoms with Crippen LogP contribution in [-0.4, -0.2) is 27.1 Å². The second-order valence-corrected chi connectivity index (χ2v) is 4.40. The summed E-state index contributed by atoms with van der Waals surface area (Å²) < 4.78 is 6.94. The SMILES string of the molecule is CCn1nc(C)cc1CC(N)c1ccc(OC)nn1. The van der Waals surface area contributed by atoms with Crippen molar-refractivity contribution >= 4 is 0 Å². The zero-order valence-electron chi connectivity index (χ0n) is 11.5. The average Bonchev–Trinajstić information content (AvgIpc) is 2.78. The molecule has 2 heterocycles. The Labute approximate surface area is 112 Å². The summed E-state index contributed by atoms with van der Waals surface area (Å²) in [6.07, 6.45) is 0.690. The van der Waals surface area contributed by atoms with Crippen LogP contribution in [0.5, 0.6) is 5.88 Å². The molecule has 0 radical (unpaired) electrons. The van der Waals surface area contributed by atoms with Crippen LogP contribution in [0.3, 0.4) is 0 Å². The van der Waals surface area contributed by atoms with Crippen molar-refractivity contribution < 1.29 is 4.74 Å². The molecule has 6 nitrogen and oxygen atoms in total. The van der Waals surface area contributed by atoms with E-state index in [0.717, 1.165) is 23.6 Å². The zero-order chi connectivity index (χ0) is 13.8. The van der Waals surface area contributed by atoms with Crippen LogP contribution in [-0.2, 0) is 13.0 Å². The Morgan fingerprint density at radius 3 is 2.74 bits per heavy atom. The highest BCUT2D eigenvalue weighted by Crippen LogP contribution is 2.16. The first-order chi connectivity index (χ1) is 9.13. The first-order valence-corrected chi connectivity index (χ1v) is 6.30. The number of nitrogens with two attached hydrogens (primary N) is 1. The van der Waals surface area contributed by atoms with Gasteiger partial charge in [-0.2, -0.15) is 10.2 Å². The summed E-state index contributed by atoms with van der Waals surface area (Å²) in [6.45, 7) is 4.88. The molecular formula is C13H19N5O. The molecule has 0 aromatic carbocycles. The summed E-state index contributed by atoms with van der Waals surface area (Å²) in [5.74, 6) is 0.491. The third-order valence-corrected chi connectivity index (χ3v) is 2.96. The number of nitrogens with zero attached hydrogens (tertiary/aromatic N) is 4. The Morgan fingerprint density at radius 2 is 2.16 bits per heavy atom. The van der Waals surface area contributed by atoms with E-state index in [2.05, 4.69) is 28.3 Å². The minimum Gasteiger partial charge on any atom is -0.480 e. The molecule has 2 N–H and O–H groups in total. The molecule has 1 unspecified atom stereocenters. The number of ether oxygens (including phenoxy) is 1. The summed E-state index contributed by atoms with van der Waals surface area (Å²) in [6, 6.07) is 5.47. The van der Waals surface area contributed by atoms with Crippen molar-refractivity contribution in [2.75, 3.05) is 7.11 Å². The predicted octanol–water partition coefficient (Wildman–Crippen LogP) is 1.25. The molecule has 1 atom stereocenters. The van der Waals surface area contributed by atoms with E-state index in [4.69, 9.17) is 10.5 Å². The van der Waals surface area contributed by atoms with Gasteiger partial charge in [-0.3, -0.25) is 4.68 Å². The Balaban J connectivity index is 2.12. The summed E-state index contributed by atoms with van der Waals surface area (Å²) >= 11 is 0. The topological polar surface area (TPSA) is 78.9 Å². The fourth-order valence-corrected chi connectivity index (χ4v) is 2.00. The molecule has 0 amide bonds. The van der Waals surface area contributed by atoms with E-state index in [1.54, 1.807) is 13.2 Å². The van der Waals surface area contributed by atoms with E-state index in [1.165, 1.54) is 0 Å². The molecule has 0 aliphatic carbocycles. The molecule has 0 fully saturated rings. The van der Waals surface area contributed by atoms with Gasteiger partial charge in [0.05, 0.1) is 24.5 Å². The quantitative estimate of drug-likeness (QED) is 0.876. The molecule has 0 saturated carbocycles. The third-order valence-electron chi connectivity index (χ3n) is 2.96. The number of aryl methyl sites for hydroxylation is 2. The molecule has 0 saturated heterocycles. The van der Waals surface area contributed by atoms with Gasteiger partial charge >= 0.3 is 0 Å². The largest absolute Gasteiger partial charge is 0.480 e. The molecule has 19 heavy (non-hydrogen) atoms. The lowest BCUT2D eigenvalue weighted by molar-refractivity contribution is 0.390. The standard InChI is InChI=1S/C13H19N5O/c1-4-18-10(7-9(2)17-18)8-11(14)12-5-6-13(19-3)16-15-12/h5-7,11H,4,8,14H2,1-3H3. The molecule has 0 aliphatic rings. The molecule has 0 aliphatic heterocycles. The maximum atomic E-state index is 6.17. The summed E-state index contributed by atoms with van der Waals surface area (Å²) in [5, 5.41) is 12.4. The fourth-order valence-electron chi connectivity index (χ4n) is 2.00. The van der Waals surface area contributed by atoms with Gasteiger partial charge in [-0.05, 0) is 26.0 Å². The normalized spacial score (nSPS) is 12.4. The lowest BCUT2D eigenvalue weighted by atomic mass is 10.1. The van der Waals surface area contributed by atoms with Crippen LogP contribution in [0.4, 0.5) is 0 Å². The first-order valence-electron chi connectivity index (χ1n) is 6.30. The van der Waals surface area contributed by atoms with Gasteiger partial charge in [-0.25, -0.2) is 0 Å². The van der Waals surface area contributed by atoms with Gasteiger partial charge < -0.3 is 10.5 Å². The van der Waals surface area contributed by atoms with Crippen LogP contribution in [0, 0.1) is 6.92 Å². The highest BCUT2D eigenvalue weighted by atomic mass is 16.5. The van der Waals surface area contributed by atoms with Crippen LogP contribution >= 0.6 is 0 Å². The van der Waals surface area contributed by atoms with Gasteiger partial charge in [0.25, 0.3) is 0 Å². The number of hydrogen-bond acceptors (Lipinski definition) is 5. The summed E-state index contributed by atoms with van der Waals surface area (Å²) in [7, 11) is 1.56.